The SMILES string of the molecule is CSc1cnc(N)c(N)c1. The van der Waals surface area contributed by atoms with Gasteiger partial charge in [0.25, 0.3) is 0 Å². The zero-order valence-electron chi connectivity index (χ0n) is 5.66. The lowest BCUT2D eigenvalue weighted by Gasteiger charge is -1.99. The van der Waals surface area contributed by atoms with Crippen LogP contribution >= 0.6 is 11.8 Å². The van der Waals surface area contributed by atoms with E-state index in [1.807, 2.05) is 12.3 Å². The van der Waals surface area contributed by atoms with E-state index in [2.05, 4.69) is 4.98 Å². The molecule has 0 radical (unpaired) electrons. The predicted molar refractivity (Wildman–Crippen MR) is 44.8 cm³/mol. The summed E-state index contributed by atoms with van der Waals surface area (Å²) in [5.41, 5.74) is 11.4. The van der Waals surface area contributed by atoms with Gasteiger partial charge in [0, 0.05) is 11.1 Å². The number of hydrogen-bond acceptors (Lipinski definition) is 4. The Hall–Kier alpha value is -0.900. The first kappa shape index (κ1) is 7.21. The maximum Gasteiger partial charge on any atom is 0.146 e. The average molecular weight is 155 g/mol. The summed E-state index contributed by atoms with van der Waals surface area (Å²) in [5.74, 6) is 0.401. The number of nitrogens with two attached hydrogens (primary N) is 2. The molecule has 4 N–H and O–H groups in total. The minimum Gasteiger partial charge on any atom is -0.396 e. The van der Waals surface area contributed by atoms with Gasteiger partial charge in [-0.1, -0.05) is 0 Å². The summed E-state index contributed by atoms with van der Waals surface area (Å²) < 4.78 is 0. The van der Waals surface area contributed by atoms with Gasteiger partial charge in [-0.25, -0.2) is 4.98 Å². The van der Waals surface area contributed by atoms with Crippen molar-refractivity contribution in [3.8, 4) is 0 Å². The molecular formula is C6H9N3S. The summed E-state index contributed by atoms with van der Waals surface area (Å²) in [6.45, 7) is 0. The van der Waals surface area contributed by atoms with Crippen LogP contribution in [0.5, 0.6) is 0 Å². The Bertz CT molecular complexity index is 236. The molecule has 0 aromatic carbocycles. The van der Waals surface area contributed by atoms with Crippen LogP contribution in [0.4, 0.5) is 11.5 Å². The smallest absolute Gasteiger partial charge is 0.146 e. The van der Waals surface area contributed by atoms with Crippen LogP contribution < -0.4 is 11.5 Å². The Morgan fingerprint density at radius 3 is 2.70 bits per heavy atom. The van der Waals surface area contributed by atoms with E-state index >= 15 is 0 Å². The topological polar surface area (TPSA) is 64.9 Å². The molecule has 0 unspecified atom stereocenters. The number of hydrogen-bond donors (Lipinski definition) is 2. The van der Waals surface area contributed by atoms with Crippen molar-refractivity contribution in [3.63, 3.8) is 0 Å². The van der Waals surface area contributed by atoms with Gasteiger partial charge in [-0.15, -0.1) is 11.8 Å². The summed E-state index contributed by atoms with van der Waals surface area (Å²) >= 11 is 1.59. The van der Waals surface area contributed by atoms with E-state index in [0.717, 1.165) is 4.90 Å². The molecule has 1 rings (SSSR count). The third kappa shape index (κ3) is 1.33. The molecule has 1 aromatic heterocycles. The van der Waals surface area contributed by atoms with E-state index in [9.17, 15) is 0 Å². The third-order valence-corrected chi connectivity index (χ3v) is 1.85. The fourth-order valence-electron chi connectivity index (χ4n) is 0.584. The van der Waals surface area contributed by atoms with Gasteiger partial charge in [0.05, 0.1) is 5.69 Å². The fraction of sp³-hybridized carbons (Fsp3) is 0.167. The van der Waals surface area contributed by atoms with Crippen molar-refractivity contribution in [1.29, 1.82) is 0 Å². The largest absolute Gasteiger partial charge is 0.396 e. The van der Waals surface area contributed by atoms with Crippen LogP contribution in [0, 0.1) is 0 Å². The van der Waals surface area contributed by atoms with Gasteiger partial charge in [0.15, 0.2) is 0 Å². The summed E-state index contributed by atoms with van der Waals surface area (Å²) in [6.07, 6.45) is 3.67. The zero-order chi connectivity index (χ0) is 7.56. The number of aromatic nitrogens is 1. The molecule has 0 spiro atoms. The van der Waals surface area contributed by atoms with Crippen LogP contribution in [0.25, 0.3) is 0 Å². The zero-order valence-corrected chi connectivity index (χ0v) is 6.48. The van der Waals surface area contributed by atoms with Crippen LogP contribution in [0.2, 0.25) is 0 Å². The van der Waals surface area contributed by atoms with Gasteiger partial charge in [-0.3, -0.25) is 0 Å². The Labute approximate surface area is 63.8 Å². The number of thioether (sulfide) groups is 1. The minimum atomic E-state index is 0.401. The second-order valence-corrected chi connectivity index (χ2v) is 2.73. The number of rotatable bonds is 1. The first-order chi connectivity index (χ1) is 4.74. The summed E-state index contributed by atoms with van der Waals surface area (Å²) in [7, 11) is 0. The lowest BCUT2D eigenvalue weighted by Crippen LogP contribution is -1.96. The average Bonchev–Trinajstić information content (AvgIpc) is 1.95. The molecule has 4 heteroatoms. The van der Waals surface area contributed by atoms with Gasteiger partial charge in [-0.2, -0.15) is 0 Å². The van der Waals surface area contributed by atoms with E-state index in [1.165, 1.54) is 0 Å². The molecular weight excluding hydrogens is 146 g/mol. The molecule has 0 fully saturated rings. The highest BCUT2D eigenvalue weighted by Crippen LogP contribution is 2.19. The predicted octanol–water partition coefficient (Wildman–Crippen LogP) is 0.968. The van der Waals surface area contributed by atoms with Crippen LogP contribution in [0.15, 0.2) is 17.2 Å². The van der Waals surface area contributed by atoms with Crippen LogP contribution in [0.3, 0.4) is 0 Å². The molecule has 0 aliphatic rings. The fourth-order valence-corrected chi connectivity index (χ4v) is 0.987. The molecule has 3 nitrogen and oxygen atoms in total. The van der Waals surface area contributed by atoms with E-state index in [-0.39, 0.29) is 0 Å². The van der Waals surface area contributed by atoms with Crippen molar-refractivity contribution in [2.75, 3.05) is 17.7 Å². The molecule has 0 saturated carbocycles. The molecule has 0 aliphatic heterocycles. The van der Waals surface area contributed by atoms with Gasteiger partial charge < -0.3 is 11.5 Å². The highest BCUT2D eigenvalue weighted by molar-refractivity contribution is 7.98. The van der Waals surface area contributed by atoms with E-state index in [1.54, 1.807) is 18.0 Å². The number of nitrogens with zero attached hydrogens (tertiary/aromatic N) is 1. The van der Waals surface area contributed by atoms with Crippen LogP contribution in [0.1, 0.15) is 0 Å². The molecule has 0 saturated heterocycles. The van der Waals surface area contributed by atoms with Crippen molar-refractivity contribution >= 4 is 23.3 Å². The standard InChI is InChI=1S/C6H9N3S/c1-10-4-2-5(7)6(8)9-3-4/h2-3H,7H2,1H3,(H2,8,9). The number of pyridine rings is 1. The number of nitrogen functional groups attached to an aromatic ring is 2. The summed E-state index contributed by atoms with van der Waals surface area (Å²) in [4.78, 5) is 4.92. The second-order valence-electron chi connectivity index (χ2n) is 1.85. The van der Waals surface area contributed by atoms with Crippen LogP contribution in [-0.4, -0.2) is 11.2 Å². The second kappa shape index (κ2) is 2.79. The normalized spacial score (nSPS) is 9.70. The lowest BCUT2D eigenvalue weighted by atomic mass is 10.4. The first-order valence-corrected chi connectivity index (χ1v) is 4.01. The molecule has 10 heavy (non-hydrogen) atoms. The first-order valence-electron chi connectivity index (χ1n) is 2.79. The van der Waals surface area contributed by atoms with Gasteiger partial charge in [-0.05, 0) is 12.3 Å². The summed E-state index contributed by atoms with van der Waals surface area (Å²) in [5, 5.41) is 0. The Balaban J connectivity index is 3.04. The molecule has 1 aromatic rings. The maximum absolute atomic E-state index is 5.50. The molecule has 0 amide bonds. The molecule has 0 aliphatic carbocycles. The molecule has 1 heterocycles. The van der Waals surface area contributed by atoms with E-state index in [0.29, 0.717) is 11.5 Å². The van der Waals surface area contributed by atoms with Gasteiger partial charge in [0.2, 0.25) is 0 Å². The van der Waals surface area contributed by atoms with Gasteiger partial charge in [0.1, 0.15) is 5.82 Å². The van der Waals surface area contributed by atoms with E-state index < -0.39 is 0 Å². The Morgan fingerprint density at radius 1 is 1.50 bits per heavy atom. The van der Waals surface area contributed by atoms with Crippen molar-refractivity contribution in [1.82, 2.24) is 4.98 Å². The molecule has 54 valence electrons. The monoisotopic (exact) mass is 155 g/mol. The van der Waals surface area contributed by atoms with E-state index in [4.69, 9.17) is 11.5 Å². The van der Waals surface area contributed by atoms with Crippen molar-refractivity contribution < 1.29 is 0 Å². The summed E-state index contributed by atoms with van der Waals surface area (Å²) in [6, 6.07) is 1.81. The molecule has 0 atom stereocenters. The Morgan fingerprint density at radius 2 is 2.20 bits per heavy atom. The Kier molecular flexibility index (Phi) is 2.01. The third-order valence-electron chi connectivity index (χ3n) is 1.16. The van der Waals surface area contributed by atoms with Crippen LogP contribution in [-0.2, 0) is 0 Å². The highest BCUT2D eigenvalue weighted by atomic mass is 32.2. The van der Waals surface area contributed by atoms with Crippen molar-refractivity contribution in [2.24, 2.45) is 0 Å². The highest BCUT2D eigenvalue weighted by Gasteiger charge is 1.95. The number of anilines is 2. The quantitative estimate of drug-likeness (QED) is 0.593. The maximum atomic E-state index is 5.50. The van der Waals surface area contributed by atoms with Crippen molar-refractivity contribution in [3.05, 3.63) is 12.3 Å². The van der Waals surface area contributed by atoms with Gasteiger partial charge >= 0.3 is 0 Å². The van der Waals surface area contributed by atoms with Crippen molar-refractivity contribution in [2.45, 2.75) is 4.90 Å². The minimum absolute atomic E-state index is 0.401. The lowest BCUT2D eigenvalue weighted by molar-refractivity contribution is 1.25. The molecule has 0 bridgehead atoms.